The number of phenolic OH excluding ortho intramolecular Hbond substituents is 1. The van der Waals surface area contributed by atoms with Crippen molar-refractivity contribution in [1.82, 2.24) is 0 Å². The molecular weight excluding hydrogens is 362 g/mol. The largest absolute Gasteiger partial charge is 0.508 e. The van der Waals surface area contributed by atoms with E-state index in [-0.39, 0.29) is 11.7 Å². The molecule has 4 aromatic rings. The molecule has 29 heavy (non-hydrogen) atoms. The Hall–Kier alpha value is -3.53. The molecule has 4 nitrogen and oxygen atoms in total. The molecule has 4 heteroatoms. The van der Waals surface area contributed by atoms with Crippen molar-refractivity contribution in [3.63, 3.8) is 0 Å². The number of aromatic hydroxyl groups is 1. The van der Waals surface area contributed by atoms with Crippen LogP contribution in [0.4, 0.5) is 5.69 Å². The highest BCUT2D eigenvalue weighted by Crippen LogP contribution is 2.24. The summed E-state index contributed by atoms with van der Waals surface area (Å²) in [5.41, 5.74) is 4.85. The van der Waals surface area contributed by atoms with E-state index in [0.717, 1.165) is 47.0 Å². The summed E-state index contributed by atoms with van der Waals surface area (Å²) >= 11 is 0. The van der Waals surface area contributed by atoms with Gasteiger partial charge in [-0.3, -0.25) is 4.79 Å². The molecule has 2 N–H and O–H groups in total. The maximum Gasteiger partial charge on any atom is 0.291 e. The van der Waals surface area contributed by atoms with Crippen LogP contribution < -0.4 is 5.32 Å². The summed E-state index contributed by atoms with van der Waals surface area (Å²) in [7, 11) is 0. The molecule has 0 unspecified atom stereocenters. The number of benzene rings is 3. The quantitative estimate of drug-likeness (QED) is 0.436. The third-order valence-electron chi connectivity index (χ3n) is 4.98. The summed E-state index contributed by atoms with van der Waals surface area (Å²) < 4.78 is 5.68. The SMILES string of the molecule is Cc1ccc(NC(=O)c2cc3ccccc3o2)c(CCCc2cccc(O)c2)c1. The number of amides is 1. The first-order chi connectivity index (χ1) is 14.1. The number of nitrogens with one attached hydrogen (secondary N) is 1. The topological polar surface area (TPSA) is 62.5 Å². The number of carbonyl (C=O) groups is 1. The molecule has 0 aliphatic carbocycles. The van der Waals surface area contributed by atoms with Crippen molar-refractivity contribution in [2.75, 3.05) is 5.32 Å². The van der Waals surface area contributed by atoms with E-state index in [1.54, 1.807) is 18.2 Å². The van der Waals surface area contributed by atoms with Gasteiger partial charge >= 0.3 is 0 Å². The second-order valence-electron chi connectivity index (χ2n) is 7.29. The van der Waals surface area contributed by atoms with Gasteiger partial charge in [-0.25, -0.2) is 0 Å². The van der Waals surface area contributed by atoms with E-state index in [9.17, 15) is 9.90 Å². The van der Waals surface area contributed by atoms with Gasteiger partial charge in [0.1, 0.15) is 11.3 Å². The van der Waals surface area contributed by atoms with E-state index in [0.29, 0.717) is 11.3 Å². The highest BCUT2D eigenvalue weighted by molar-refractivity contribution is 6.05. The Bertz CT molecular complexity index is 1130. The number of furan rings is 1. The Morgan fingerprint density at radius 1 is 0.966 bits per heavy atom. The van der Waals surface area contributed by atoms with E-state index < -0.39 is 0 Å². The van der Waals surface area contributed by atoms with Crippen LogP contribution in [0.15, 0.2) is 77.2 Å². The fraction of sp³-hybridized carbons (Fsp3) is 0.160. The van der Waals surface area contributed by atoms with Gasteiger partial charge in [0.25, 0.3) is 5.91 Å². The maximum atomic E-state index is 12.7. The van der Waals surface area contributed by atoms with Gasteiger partial charge in [0.15, 0.2) is 5.76 Å². The molecule has 146 valence electrons. The molecule has 0 saturated heterocycles. The third-order valence-corrected chi connectivity index (χ3v) is 4.98. The molecular formula is C25H23NO3. The van der Waals surface area contributed by atoms with Crippen molar-refractivity contribution in [3.8, 4) is 5.75 Å². The molecule has 4 rings (SSSR count). The number of hydrogen-bond acceptors (Lipinski definition) is 3. The Morgan fingerprint density at radius 2 is 1.83 bits per heavy atom. The lowest BCUT2D eigenvalue weighted by Gasteiger charge is -2.12. The van der Waals surface area contributed by atoms with Gasteiger partial charge in [-0.2, -0.15) is 0 Å². The van der Waals surface area contributed by atoms with Crippen LogP contribution in [0.1, 0.15) is 33.7 Å². The van der Waals surface area contributed by atoms with Crippen molar-refractivity contribution in [2.45, 2.75) is 26.2 Å². The molecule has 1 amide bonds. The first-order valence-corrected chi connectivity index (χ1v) is 9.76. The van der Waals surface area contributed by atoms with Crippen molar-refractivity contribution >= 4 is 22.6 Å². The second kappa shape index (κ2) is 8.23. The van der Waals surface area contributed by atoms with E-state index >= 15 is 0 Å². The molecule has 0 saturated carbocycles. The normalized spacial score (nSPS) is 10.9. The summed E-state index contributed by atoms with van der Waals surface area (Å²) in [6, 6.07) is 22.7. The number of phenols is 1. The lowest BCUT2D eigenvalue weighted by Crippen LogP contribution is -2.12. The van der Waals surface area contributed by atoms with Crippen LogP contribution >= 0.6 is 0 Å². The molecule has 0 spiro atoms. The van der Waals surface area contributed by atoms with Crippen LogP contribution in [0.5, 0.6) is 5.75 Å². The molecule has 0 fully saturated rings. The van der Waals surface area contributed by atoms with Gasteiger partial charge in [-0.05, 0) is 67.6 Å². The van der Waals surface area contributed by atoms with Gasteiger partial charge in [-0.1, -0.05) is 48.0 Å². The number of aryl methyl sites for hydroxylation is 3. The Kier molecular flexibility index (Phi) is 5.34. The molecule has 0 atom stereocenters. The van der Waals surface area contributed by atoms with Crippen molar-refractivity contribution < 1.29 is 14.3 Å². The van der Waals surface area contributed by atoms with E-state index in [2.05, 4.69) is 11.4 Å². The highest BCUT2D eigenvalue weighted by Gasteiger charge is 2.14. The number of anilines is 1. The van der Waals surface area contributed by atoms with E-state index in [1.807, 2.05) is 55.5 Å². The number of hydrogen-bond donors (Lipinski definition) is 2. The Labute approximate surface area is 169 Å². The van der Waals surface area contributed by atoms with Crippen molar-refractivity contribution in [2.24, 2.45) is 0 Å². The van der Waals surface area contributed by atoms with Crippen LogP contribution in [0, 0.1) is 6.92 Å². The van der Waals surface area contributed by atoms with Crippen LogP contribution in [0.2, 0.25) is 0 Å². The summed E-state index contributed by atoms with van der Waals surface area (Å²) in [5.74, 6) is 0.341. The lowest BCUT2D eigenvalue weighted by molar-refractivity contribution is 0.0998. The Balaban J connectivity index is 1.47. The fourth-order valence-corrected chi connectivity index (χ4v) is 3.52. The average molecular weight is 385 g/mol. The molecule has 0 bridgehead atoms. The van der Waals surface area contributed by atoms with Crippen molar-refractivity contribution in [3.05, 3.63) is 95.2 Å². The number of para-hydroxylation sites is 1. The molecule has 1 aromatic heterocycles. The molecule has 0 aliphatic heterocycles. The first kappa shape index (κ1) is 18.8. The fourth-order valence-electron chi connectivity index (χ4n) is 3.52. The van der Waals surface area contributed by atoms with Gasteiger partial charge in [0.05, 0.1) is 0 Å². The summed E-state index contributed by atoms with van der Waals surface area (Å²) in [5, 5.41) is 13.5. The summed E-state index contributed by atoms with van der Waals surface area (Å²) in [6.07, 6.45) is 2.60. The van der Waals surface area contributed by atoms with Crippen molar-refractivity contribution in [1.29, 1.82) is 0 Å². The monoisotopic (exact) mass is 385 g/mol. The molecule has 3 aromatic carbocycles. The van der Waals surface area contributed by atoms with E-state index in [1.165, 1.54) is 0 Å². The van der Waals surface area contributed by atoms with Gasteiger partial charge < -0.3 is 14.8 Å². The number of carbonyl (C=O) groups excluding carboxylic acids is 1. The predicted molar refractivity (Wildman–Crippen MR) is 115 cm³/mol. The average Bonchev–Trinajstić information content (AvgIpc) is 3.14. The summed E-state index contributed by atoms with van der Waals surface area (Å²) in [4.78, 5) is 12.7. The van der Waals surface area contributed by atoms with Gasteiger partial charge in [0, 0.05) is 11.1 Å². The number of rotatable bonds is 6. The predicted octanol–water partition coefficient (Wildman–Crippen LogP) is 5.87. The molecule has 0 radical (unpaired) electrons. The zero-order valence-electron chi connectivity index (χ0n) is 16.3. The van der Waals surface area contributed by atoms with Crippen LogP contribution in [-0.2, 0) is 12.8 Å². The second-order valence-corrected chi connectivity index (χ2v) is 7.29. The first-order valence-electron chi connectivity index (χ1n) is 9.76. The van der Waals surface area contributed by atoms with Crippen LogP contribution in [0.25, 0.3) is 11.0 Å². The zero-order valence-corrected chi connectivity index (χ0v) is 16.3. The lowest BCUT2D eigenvalue weighted by atomic mass is 10.0. The minimum absolute atomic E-state index is 0.251. The molecule has 0 aliphatic rings. The van der Waals surface area contributed by atoms with E-state index in [4.69, 9.17) is 4.42 Å². The third kappa shape index (κ3) is 4.49. The zero-order chi connectivity index (χ0) is 20.2. The number of fused-ring (bicyclic) bond motifs is 1. The highest BCUT2D eigenvalue weighted by atomic mass is 16.3. The minimum atomic E-state index is -0.251. The van der Waals surface area contributed by atoms with Gasteiger partial charge in [0.2, 0.25) is 0 Å². The smallest absolute Gasteiger partial charge is 0.291 e. The van der Waals surface area contributed by atoms with Gasteiger partial charge in [-0.15, -0.1) is 0 Å². The summed E-state index contributed by atoms with van der Waals surface area (Å²) in [6.45, 7) is 2.05. The van der Waals surface area contributed by atoms with Crippen LogP contribution in [-0.4, -0.2) is 11.0 Å². The minimum Gasteiger partial charge on any atom is -0.508 e. The molecule has 1 heterocycles. The maximum absolute atomic E-state index is 12.7. The standard InChI is InChI=1S/C25H23NO3/c1-17-12-13-22(19(14-17)9-4-6-18-7-5-10-21(27)15-18)26-25(28)24-16-20-8-2-3-11-23(20)29-24/h2-3,5,7-8,10-16,27H,4,6,9H2,1H3,(H,26,28). The van der Waals surface area contributed by atoms with Crippen LogP contribution in [0.3, 0.4) is 0 Å². The Morgan fingerprint density at radius 3 is 2.66 bits per heavy atom.